The van der Waals surface area contributed by atoms with Crippen LogP contribution in [0.15, 0.2) is 51.7 Å². The fourth-order valence-electron chi connectivity index (χ4n) is 4.00. The minimum absolute atomic E-state index is 0.0224. The Kier molecular flexibility index (Phi) is 9.55. The molecule has 0 radical (unpaired) electrons. The van der Waals surface area contributed by atoms with Crippen LogP contribution in [0.2, 0.25) is 0 Å². The third-order valence-corrected chi connectivity index (χ3v) is 5.96. The second kappa shape index (κ2) is 12.8. The zero-order valence-corrected chi connectivity index (χ0v) is 20.6. The first-order valence-electron chi connectivity index (χ1n) is 11.9. The molecule has 0 saturated heterocycles. The number of rotatable bonds is 13. The summed E-state index contributed by atoms with van der Waals surface area (Å²) in [6.07, 6.45) is 3.94. The van der Waals surface area contributed by atoms with E-state index >= 15 is 0 Å². The van der Waals surface area contributed by atoms with Gasteiger partial charge in [0.2, 0.25) is 0 Å². The summed E-state index contributed by atoms with van der Waals surface area (Å²) in [6, 6.07) is 12.0. The van der Waals surface area contributed by atoms with Crippen LogP contribution in [0.3, 0.4) is 0 Å². The monoisotopic (exact) mass is 482 g/mol. The molecule has 35 heavy (non-hydrogen) atoms. The number of amides is 1. The van der Waals surface area contributed by atoms with Gasteiger partial charge in [0, 0.05) is 36.9 Å². The Morgan fingerprint density at radius 1 is 1.06 bits per heavy atom. The van der Waals surface area contributed by atoms with Crippen LogP contribution < -0.4 is 20.2 Å². The van der Waals surface area contributed by atoms with Crippen molar-refractivity contribution in [3.05, 3.63) is 64.0 Å². The Labute approximate surface area is 205 Å². The van der Waals surface area contributed by atoms with E-state index in [9.17, 15) is 14.7 Å². The summed E-state index contributed by atoms with van der Waals surface area (Å²) >= 11 is 0. The van der Waals surface area contributed by atoms with E-state index in [-0.39, 0.29) is 22.5 Å². The summed E-state index contributed by atoms with van der Waals surface area (Å²) in [4.78, 5) is 27.2. The molecule has 0 aliphatic heterocycles. The van der Waals surface area contributed by atoms with Gasteiger partial charge in [-0.1, -0.05) is 38.0 Å². The SMILES string of the molecule is CCN(CCCCCCNC(=O)c1cc(=O)c2c(O)cc(OC)cc2o1)Cc1ccccc1OC. The van der Waals surface area contributed by atoms with Crippen molar-refractivity contribution in [3.63, 3.8) is 0 Å². The number of phenolic OH excluding ortho intramolecular Hbond substituents is 1. The molecule has 3 aromatic rings. The molecular weight excluding hydrogens is 448 g/mol. The number of unbranched alkanes of at least 4 members (excludes halogenated alkanes) is 3. The van der Waals surface area contributed by atoms with Crippen molar-refractivity contribution < 1.29 is 23.8 Å². The van der Waals surface area contributed by atoms with E-state index in [2.05, 4.69) is 23.2 Å². The van der Waals surface area contributed by atoms with Crippen molar-refractivity contribution >= 4 is 16.9 Å². The van der Waals surface area contributed by atoms with Gasteiger partial charge in [-0.05, 0) is 32.0 Å². The van der Waals surface area contributed by atoms with Gasteiger partial charge in [0.05, 0.1) is 14.2 Å². The first-order chi connectivity index (χ1) is 17.0. The number of aromatic hydroxyl groups is 1. The lowest BCUT2D eigenvalue weighted by atomic mass is 10.1. The summed E-state index contributed by atoms with van der Waals surface area (Å²) in [6.45, 7) is 5.47. The number of fused-ring (bicyclic) bond motifs is 1. The molecule has 0 fully saturated rings. The zero-order valence-electron chi connectivity index (χ0n) is 20.6. The first kappa shape index (κ1) is 26.1. The molecule has 0 aliphatic rings. The number of benzene rings is 2. The smallest absolute Gasteiger partial charge is 0.287 e. The second-order valence-electron chi connectivity index (χ2n) is 8.35. The average molecular weight is 483 g/mol. The van der Waals surface area contributed by atoms with Crippen LogP contribution in [0.25, 0.3) is 11.0 Å². The van der Waals surface area contributed by atoms with Crippen LogP contribution in [0.4, 0.5) is 0 Å². The molecule has 3 rings (SSSR count). The lowest BCUT2D eigenvalue weighted by Crippen LogP contribution is -2.26. The molecule has 0 unspecified atom stereocenters. The van der Waals surface area contributed by atoms with E-state index in [4.69, 9.17) is 13.9 Å². The predicted octanol–water partition coefficient (Wildman–Crippen LogP) is 4.33. The quantitative estimate of drug-likeness (QED) is 0.350. The Morgan fingerprint density at radius 2 is 1.83 bits per heavy atom. The number of carbonyl (C=O) groups is 1. The van der Waals surface area contributed by atoms with E-state index in [0.717, 1.165) is 57.1 Å². The highest BCUT2D eigenvalue weighted by Gasteiger charge is 2.15. The number of hydrogen-bond acceptors (Lipinski definition) is 7. The maximum Gasteiger partial charge on any atom is 0.287 e. The molecule has 1 heterocycles. The van der Waals surface area contributed by atoms with E-state index in [1.165, 1.54) is 24.8 Å². The Bertz CT molecular complexity index is 1190. The Morgan fingerprint density at radius 3 is 2.57 bits per heavy atom. The number of para-hydroxylation sites is 1. The molecular formula is C27H34N2O6. The molecule has 8 heteroatoms. The van der Waals surface area contributed by atoms with Crippen molar-refractivity contribution in [3.8, 4) is 17.2 Å². The maximum atomic E-state index is 12.5. The van der Waals surface area contributed by atoms with Gasteiger partial charge in [0.1, 0.15) is 28.2 Å². The van der Waals surface area contributed by atoms with E-state index in [1.807, 2.05) is 18.2 Å². The number of methoxy groups -OCH3 is 2. The van der Waals surface area contributed by atoms with Crippen LogP contribution in [0, 0.1) is 0 Å². The minimum atomic E-state index is -0.481. The lowest BCUT2D eigenvalue weighted by molar-refractivity contribution is 0.0925. The number of hydrogen-bond donors (Lipinski definition) is 2. The normalized spacial score (nSPS) is 11.1. The van der Waals surface area contributed by atoms with Gasteiger partial charge in [0.15, 0.2) is 11.2 Å². The number of nitrogens with zero attached hydrogens (tertiary/aromatic N) is 1. The third-order valence-electron chi connectivity index (χ3n) is 5.96. The number of phenols is 1. The summed E-state index contributed by atoms with van der Waals surface area (Å²) in [7, 11) is 3.14. The number of carbonyl (C=O) groups excluding carboxylic acids is 1. The second-order valence-corrected chi connectivity index (χ2v) is 8.35. The van der Waals surface area contributed by atoms with Crippen molar-refractivity contribution in [2.24, 2.45) is 0 Å². The third kappa shape index (κ3) is 6.99. The van der Waals surface area contributed by atoms with Crippen LogP contribution in [-0.2, 0) is 6.54 Å². The van der Waals surface area contributed by atoms with Crippen LogP contribution in [0.5, 0.6) is 17.2 Å². The molecule has 0 atom stereocenters. The minimum Gasteiger partial charge on any atom is -0.507 e. The summed E-state index contributed by atoms with van der Waals surface area (Å²) in [5.74, 6) is 0.454. The van der Waals surface area contributed by atoms with Crippen molar-refractivity contribution in [2.75, 3.05) is 33.9 Å². The largest absolute Gasteiger partial charge is 0.507 e. The Hall–Kier alpha value is -3.52. The molecule has 1 aromatic heterocycles. The molecule has 1 amide bonds. The molecule has 2 N–H and O–H groups in total. The standard InChI is InChI=1S/C27H34N2O6/c1-4-29(18-19-11-7-8-12-23(19)34-3)14-10-6-5-9-13-28-27(32)25-17-22(31)26-21(30)15-20(33-2)16-24(26)35-25/h7-8,11-12,15-17,30H,4-6,9-10,13-14,18H2,1-3H3,(H,28,32). The van der Waals surface area contributed by atoms with E-state index < -0.39 is 11.3 Å². The highest BCUT2D eigenvalue weighted by Crippen LogP contribution is 2.28. The highest BCUT2D eigenvalue weighted by molar-refractivity contribution is 5.94. The number of nitrogens with one attached hydrogen (secondary N) is 1. The highest BCUT2D eigenvalue weighted by atomic mass is 16.5. The van der Waals surface area contributed by atoms with Gasteiger partial charge in [0.25, 0.3) is 5.91 Å². The molecule has 0 aliphatic carbocycles. The first-order valence-corrected chi connectivity index (χ1v) is 11.9. The molecule has 8 nitrogen and oxygen atoms in total. The van der Waals surface area contributed by atoms with Gasteiger partial charge < -0.3 is 24.3 Å². The fraction of sp³-hybridized carbons (Fsp3) is 0.407. The van der Waals surface area contributed by atoms with E-state index in [0.29, 0.717) is 12.3 Å². The van der Waals surface area contributed by atoms with E-state index in [1.54, 1.807) is 7.11 Å². The molecule has 188 valence electrons. The fourth-order valence-corrected chi connectivity index (χ4v) is 4.00. The average Bonchev–Trinajstić information content (AvgIpc) is 2.86. The molecule has 0 bridgehead atoms. The van der Waals surface area contributed by atoms with Crippen molar-refractivity contribution in [1.82, 2.24) is 10.2 Å². The topological polar surface area (TPSA) is 101 Å². The van der Waals surface area contributed by atoms with Crippen LogP contribution in [-0.4, -0.2) is 49.8 Å². The van der Waals surface area contributed by atoms with Crippen LogP contribution >= 0.6 is 0 Å². The van der Waals surface area contributed by atoms with Gasteiger partial charge in [-0.2, -0.15) is 0 Å². The van der Waals surface area contributed by atoms with Crippen molar-refractivity contribution in [1.29, 1.82) is 0 Å². The summed E-state index contributed by atoms with van der Waals surface area (Å²) in [5.41, 5.74) is 0.812. The van der Waals surface area contributed by atoms with Crippen molar-refractivity contribution in [2.45, 2.75) is 39.2 Å². The molecule has 0 saturated carbocycles. The summed E-state index contributed by atoms with van der Waals surface area (Å²) < 4.78 is 16.1. The van der Waals surface area contributed by atoms with Gasteiger partial charge in [-0.25, -0.2) is 0 Å². The zero-order chi connectivity index (χ0) is 25.2. The Balaban J connectivity index is 1.42. The number of ether oxygens (including phenoxy) is 2. The van der Waals surface area contributed by atoms with Gasteiger partial charge >= 0.3 is 0 Å². The molecule has 2 aromatic carbocycles. The summed E-state index contributed by atoms with van der Waals surface area (Å²) in [5, 5.41) is 12.9. The van der Waals surface area contributed by atoms with Crippen LogP contribution in [0.1, 0.15) is 48.7 Å². The van der Waals surface area contributed by atoms with Gasteiger partial charge in [-0.15, -0.1) is 0 Å². The maximum absolute atomic E-state index is 12.5. The predicted molar refractivity (Wildman–Crippen MR) is 135 cm³/mol. The molecule has 0 spiro atoms. The van der Waals surface area contributed by atoms with Gasteiger partial charge in [-0.3, -0.25) is 14.5 Å². The lowest BCUT2D eigenvalue weighted by Gasteiger charge is -2.21.